The maximum atomic E-state index is 11.4. The van der Waals surface area contributed by atoms with Crippen molar-refractivity contribution in [2.45, 2.75) is 0 Å². The summed E-state index contributed by atoms with van der Waals surface area (Å²) in [5.41, 5.74) is 1.57. The third-order valence-electron chi connectivity index (χ3n) is 3.99. The molecular formula is C23H20K2N4O11. The zero-order valence-electron chi connectivity index (χ0n) is 21.9. The third-order valence-corrected chi connectivity index (χ3v) is 3.99. The first-order valence-corrected chi connectivity index (χ1v) is 9.92. The van der Waals surface area contributed by atoms with Crippen LogP contribution in [0.2, 0.25) is 0 Å². The van der Waals surface area contributed by atoms with Gasteiger partial charge in [0.15, 0.2) is 0 Å². The molecule has 0 bridgehead atoms. The first kappa shape index (κ1) is 41.9. The van der Waals surface area contributed by atoms with Crippen LogP contribution in [0.4, 0.5) is 25.8 Å². The van der Waals surface area contributed by atoms with Crippen molar-refractivity contribution in [1.29, 1.82) is 10.5 Å². The number of hydrogen-bond acceptors (Lipinski definition) is 11. The van der Waals surface area contributed by atoms with Crippen LogP contribution < -0.4 is 123 Å². The van der Waals surface area contributed by atoms with Crippen LogP contribution in [0, 0.1) is 22.7 Å². The number of hydrogen-bond donors (Lipinski definition) is 2. The van der Waals surface area contributed by atoms with Crippen molar-refractivity contribution in [3.05, 3.63) is 59.7 Å². The number of carboxylic acids is 2. The fraction of sp³-hybridized carbons (Fsp3) is 0.174. The van der Waals surface area contributed by atoms with Crippen LogP contribution in [-0.2, 0) is 19.1 Å². The van der Waals surface area contributed by atoms with E-state index < -0.39 is 43.4 Å². The van der Waals surface area contributed by atoms with Gasteiger partial charge in [0.25, 0.3) is 0 Å². The van der Waals surface area contributed by atoms with Gasteiger partial charge in [-0.05, 0) is 54.7 Å². The number of benzene rings is 2. The largest absolute Gasteiger partial charge is 1.00 e. The SMILES string of the molecule is COC(=O)N(CC(=O)O)c1ccc(C#N)cc1.COC(=O)N(CC(=O)O)c1ccc(C#N)cc1.O=C([O-])[O-].[K+].[K+]. The van der Waals surface area contributed by atoms with Gasteiger partial charge in [0.05, 0.1) is 37.5 Å². The number of nitriles is 2. The molecule has 0 fully saturated rings. The van der Waals surface area contributed by atoms with E-state index in [2.05, 4.69) is 9.47 Å². The van der Waals surface area contributed by atoms with Gasteiger partial charge in [0, 0.05) is 11.4 Å². The van der Waals surface area contributed by atoms with E-state index >= 15 is 0 Å². The molecule has 0 radical (unpaired) electrons. The third kappa shape index (κ3) is 17.2. The van der Waals surface area contributed by atoms with Crippen LogP contribution >= 0.6 is 0 Å². The van der Waals surface area contributed by atoms with Gasteiger partial charge in [-0.3, -0.25) is 19.4 Å². The van der Waals surface area contributed by atoms with E-state index in [1.54, 1.807) is 0 Å². The Morgan fingerprint density at radius 2 is 0.950 bits per heavy atom. The predicted molar refractivity (Wildman–Crippen MR) is 122 cm³/mol. The molecule has 0 atom stereocenters. The van der Waals surface area contributed by atoms with Crippen molar-refractivity contribution in [3.63, 3.8) is 0 Å². The number of carboxylic acid groups (broad SMARTS) is 4. The Labute approximate surface area is 313 Å². The minimum atomic E-state index is -2.33. The van der Waals surface area contributed by atoms with Crippen LogP contribution in [0.5, 0.6) is 0 Å². The number of nitrogens with zero attached hydrogens (tertiary/aromatic N) is 4. The van der Waals surface area contributed by atoms with Gasteiger partial charge in [-0.1, -0.05) is 0 Å². The molecular weight excluding hydrogens is 586 g/mol. The number of aliphatic carboxylic acids is 2. The zero-order valence-corrected chi connectivity index (χ0v) is 28.1. The number of rotatable bonds is 6. The molecule has 0 saturated heterocycles. The van der Waals surface area contributed by atoms with Crippen LogP contribution in [0.15, 0.2) is 48.5 Å². The van der Waals surface area contributed by atoms with Gasteiger partial charge < -0.3 is 34.7 Å². The predicted octanol–water partition coefficient (Wildman–Crippen LogP) is -6.01. The molecule has 0 unspecified atom stereocenters. The minimum Gasteiger partial charge on any atom is -0.652 e. The standard InChI is InChI=1S/2C11H10N2O4.CH2O3.2K/c2*1-17-11(16)13(7-10(14)15)9-4-2-8(6-12)3-5-9;2-1(3)4;;/h2*2-5H,7H2,1H3,(H,14,15);(H2,2,3,4);;/q;;;2*+1/p-2. The molecule has 15 nitrogen and oxygen atoms in total. The Bertz CT molecular complexity index is 1120. The quantitative estimate of drug-likeness (QED) is 0.291. The first-order valence-electron chi connectivity index (χ1n) is 9.92. The molecule has 0 aliphatic heterocycles. The van der Waals surface area contributed by atoms with E-state index in [1.807, 2.05) is 12.1 Å². The minimum absolute atomic E-state index is 0. The summed E-state index contributed by atoms with van der Waals surface area (Å²) in [5, 5.41) is 51.3. The van der Waals surface area contributed by atoms with E-state index in [1.165, 1.54) is 62.8 Å². The first-order chi connectivity index (χ1) is 17.9. The van der Waals surface area contributed by atoms with E-state index in [-0.39, 0.29) is 103 Å². The monoisotopic (exact) mass is 606 g/mol. The Morgan fingerprint density at radius 1 is 0.700 bits per heavy atom. The van der Waals surface area contributed by atoms with Gasteiger partial charge in [-0.25, -0.2) is 9.59 Å². The fourth-order valence-electron chi connectivity index (χ4n) is 2.45. The van der Waals surface area contributed by atoms with Crippen molar-refractivity contribution >= 4 is 41.7 Å². The molecule has 2 aromatic carbocycles. The number of ether oxygens (including phenoxy) is 2. The van der Waals surface area contributed by atoms with Gasteiger partial charge >= 0.3 is 127 Å². The summed E-state index contributed by atoms with van der Waals surface area (Å²) in [6, 6.07) is 15.8. The fourth-order valence-corrected chi connectivity index (χ4v) is 2.45. The van der Waals surface area contributed by atoms with E-state index in [9.17, 15) is 19.2 Å². The van der Waals surface area contributed by atoms with E-state index in [4.69, 9.17) is 35.7 Å². The summed E-state index contributed by atoms with van der Waals surface area (Å²) >= 11 is 0. The van der Waals surface area contributed by atoms with Crippen molar-refractivity contribution in [3.8, 4) is 12.1 Å². The molecule has 2 amide bonds. The summed E-state index contributed by atoms with van der Waals surface area (Å²) < 4.78 is 8.97. The van der Waals surface area contributed by atoms with E-state index in [0.29, 0.717) is 22.5 Å². The van der Waals surface area contributed by atoms with Crippen molar-refractivity contribution in [2.24, 2.45) is 0 Å². The average Bonchev–Trinajstić information content (AvgIpc) is 2.89. The summed E-state index contributed by atoms with van der Waals surface area (Å²) in [4.78, 5) is 54.3. The molecule has 200 valence electrons. The van der Waals surface area contributed by atoms with Crippen LogP contribution in [-0.4, -0.2) is 67.8 Å². The normalized spacial score (nSPS) is 8.40. The summed E-state index contributed by atoms with van der Waals surface area (Å²) in [5.74, 6) is -2.31. The molecule has 0 heterocycles. The summed E-state index contributed by atoms with van der Waals surface area (Å²) in [6.45, 7) is -1.00. The maximum Gasteiger partial charge on any atom is 1.00 e. The molecule has 0 saturated carbocycles. The zero-order chi connectivity index (χ0) is 29.3. The number of anilines is 2. The number of amides is 2. The molecule has 40 heavy (non-hydrogen) atoms. The van der Waals surface area contributed by atoms with Crippen molar-refractivity contribution in [1.82, 2.24) is 0 Å². The van der Waals surface area contributed by atoms with Crippen LogP contribution in [0.25, 0.3) is 0 Å². The molecule has 2 aromatic rings. The van der Waals surface area contributed by atoms with Gasteiger partial charge in [0.2, 0.25) is 0 Å². The second kappa shape index (κ2) is 23.2. The maximum absolute atomic E-state index is 11.4. The molecule has 0 spiro atoms. The van der Waals surface area contributed by atoms with Crippen LogP contribution in [0.1, 0.15) is 11.1 Å². The van der Waals surface area contributed by atoms with Crippen molar-refractivity contribution in [2.75, 3.05) is 37.1 Å². The summed E-state index contributed by atoms with van der Waals surface area (Å²) in [6.07, 6.45) is -3.87. The second-order valence-electron chi connectivity index (χ2n) is 6.47. The number of carbonyl (C=O) groups is 5. The van der Waals surface area contributed by atoms with Gasteiger partial charge in [0.1, 0.15) is 13.1 Å². The van der Waals surface area contributed by atoms with E-state index in [0.717, 1.165) is 9.80 Å². The summed E-state index contributed by atoms with van der Waals surface area (Å²) in [7, 11) is 2.33. The average molecular weight is 607 g/mol. The molecule has 17 heteroatoms. The Kier molecular flexibility index (Phi) is 24.3. The van der Waals surface area contributed by atoms with Crippen molar-refractivity contribution < 1.29 is 157 Å². The molecule has 0 aromatic heterocycles. The molecule has 2 N–H and O–H groups in total. The second-order valence-corrected chi connectivity index (χ2v) is 6.47. The van der Waals surface area contributed by atoms with Crippen LogP contribution in [0.3, 0.4) is 0 Å². The Hall–Kier alpha value is -2.56. The molecule has 0 aliphatic carbocycles. The topological polar surface area (TPSA) is 244 Å². The number of methoxy groups -OCH3 is 2. The Balaban J connectivity index is -0.000000578. The molecule has 2 rings (SSSR count). The van der Waals surface area contributed by atoms with Gasteiger partial charge in [-0.2, -0.15) is 10.5 Å². The van der Waals surface area contributed by atoms with Gasteiger partial charge in [-0.15, -0.1) is 0 Å². The number of carbonyl (C=O) groups excluding carboxylic acids is 3. The molecule has 0 aliphatic rings. The smallest absolute Gasteiger partial charge is 0.652 e. The Morgan fingerprint density at radius 3 is 1.12 bits per heavy atom.